The van der Waals surface area contributed by atoms with Crippen molar-refractivity contribution >= 4 is 22.8 Å². The van der Waals surface area contributed by atoms with Crippen LogP contribution in [0.25, 0.3) is 11.0 Å². The lowest BCUT2D eigenvalue weighted by Crippen LogP contribution is -2.61. The van der Waals surface area contributed by atoms with Crippen LogP contribution in [0.5, 0.6) is 0 Å². The standard InChI is InChI=1S/C16H16N6O/c1-15-7-22(12(23)2-4-17)16(15)8-21(6-11(15)16)14-10-3-5-18-13(10)19-9-20-14/h3,5,9,11H,2,6-8H2,1H3,(H,18,19,20)/t11?,15-,16-/m1/s1. The smallest absolute Gasteiger partial charge is 0.237 e. The number of amides is 1. The molecule has 7 nitrogen and oxygen atoms in total. The van der Waals surface area contributed by atoms with E-state index in [1.807, 2.05) is 23.2 Å². The second-order valence-electron chi connectivity index (χ2n) is 7.03. The summed E-state index contributed by atoms with van der Waals surface area (Å²) >= 11 is 0. The van der Waals surface area contributed by atoms with Gasteiger partial charge in [0.1, 0.15) is 24.2 Å². The number of nitrogens with zero attached hydrogens (tertiary/aromatic N) is 5. The molecule has 0 aromatic carbocycles. The molecule has 2 aliphatic heterocycles. The van der Waals surface area contributed by atoms with Crippen molar-refractivity contribution in [1.82, 2.24) is 19.9 Å². The molecular formula is C16H16N6O. The summed E-state index contributed by atoms with van der Waals surface area (Å²) in [7, 11) is 0. The van der Waals surface area contributed by atoms with E-state index in [4.69, 9.17) is 5.26 Å². The van der Waals surface area contributed by atoms with Crippen LogP contribution in [0, 0.1) is 22.7 Å². The molecule has 1 amide bonds. The van der Waals surface area contributed by atoms with Gasteiger partial charge in [-0.2, -0.15) is 5.26 Å². The monoisotopic (exact) mass is 308 g/mol. The quantitative estimate of drug-likeness (QED) is 0.890. The molecule has 4 heterocycles. The zero-order chi connectivity index (χ0) is 15.8. The molecule has 0 radical (unpaired) electrons. The molecule has 0 bridgehead atoms. The van der Waals surface area contributed by atoms with E-state index in [2.05, 4.69) is 26.8 Å². The number of likely N-dealkylation sites (tertiary alicyclic amines) is 1. The Morgan fingerprint density at radius 3 is 3.22 bits per heavy atom. The van der Waals surface area contributed by atoms with E-state index in [0.717, 1.165) is 36.5 Å². The fourth-order valence-corrected chi connectivity index (χ4v) is 5.01. The first-order valence-electron chi connectivity index (χ1n) is 7.82. The SMILES string of the molecule is C[C@]12CN(C(=O)CC#N)[C@@]13CN(c1ncnc4[nH]ccc14)CC32. The molecule has 3 atom stereocenters. The van der Waals surface area contributed by atoms with E-state index in [-0.39, 0.29) is 23.3 Å². The van der Waals surface area contributed by atoms with Crippen molar-refractivity contribution in [2.75, 3.05) is 24.5 Å². The van der Waals surface area contributed by atoms with Crippen LogP contribution in [0.2, 0.25) is 0 Å². The number of rotatable bonds is 2. The highest BCUT2D eigenvalue weighted by Crippen LogP contribution is 2.76. The highest BCUT2D eigenvalue weighted by atomic mass is 16.2. The predicted octanol–water partition coefficient (Wildman–Crippen LogP) is 0.909. The molecular weight excluding hydrogens is 292 g/mol. The van der Waals surface area contributed by atoms with Gasteiger partial charge in [0.15, 0.2) is 0 Å². The van der Waals surface area contributed by atoms with Crippen molar-refractivity contribution in [3.8, 4) is 6.07 Å². The summed E-state index contributed by atoms with van der Waals surface area (Å²) in [5.74, 6) is 1.37. The van der Waals surface area contributed by atoms with E-state index >= 15 is 0 Å². The van der Waals surface area contributed by atoms with Gasteiger partial charge >= 0.3 is 0 Å². The Labute approximate surface area is 132 Å². The Morgan fingerprint density at radius 1 is 1.52 bits per heavy atom. The van der Waals surface area contributed by atoms with Crippen LogP contribution in [0.3, 0.4) is 0 Å². The van der Waals surface area contributed by atoms with Crippen molar-refractivity contribution < 1.29 is 4.79 Å². The number of anilines is 1. The average Bonchev–Trinajstić information content (AvgIpc) is 3.04. The van der Waals surface area contributed by atoms with E-state index in [9.17, 15) is 4.79 Å². The highest BCUT2D eigenvalue weighted by Gasteiger charge is 2.87. The van der Waals surface area contributed by atoms with Crippen molar-refractivity contribution in [3.63, 3.8) is 0 Å². The van der Waals surface area contributed by atoms with E-state index in [0.29, 0.717) is 5.92 Å². The molecule has 1 spiro atoms. The second-order valence-corrected chi connectivity index (χ2v) is 7.03. The molecule has 1 saturated carbocycles. The third kappa shape index (κ3) is 1.29. The number of H-pyrrole nitrogens is 1. The van der Waals surface area contributed by atoms with Crippen LogP contribution >= 0.6 is 0 Å². The Kier molecular flexibility index (Phi) is 2.14. The molecule has 1 N–H and O–H groups in total. The molecule has 7 heteroatoms. The van der Waals surface area contributed by atoms with Gasteiger partial charge in [-0.3, -0.25) is 4.79 Å². The number of aromatic nitrogens is 3. The summed E-state index contributed by atoms with van der Waals surface area (Å²) in [4.78, 5) is 28.2. The summed E-state index contributed by atoms with van der Waals surface area (Å²) in [5.41, 5.74) is 0.967. The molecule has 2 aromatic heterocycles. The van der Waals surface area contributed by atoms with Gasteiger partial charge in [0.2, 0.25) is 5.91 Å². The Hall–Kier alpha value is -2.62. The maximum Gasteiger partial charge on any atom is 0.237 e. The first-order valence-corrected chi connectivity index (χ1v) is 7.82. The van der Waals surface area contributed by atoms with Gasteiger partial charge in [0.25, 0.3) is 0 Å². The minimum atomic E-state index is -0.0888. The van der Waals surface area contributed by atoms with Gasteiger partial charge in [0.05, 0.1) is 17.0 Å². The van der Waals surface area contributed by atoms with E-state index in [1.165, 1.54) is 0 Å². The number of carbonyl (C=O) groups is 1. The first kappa shape index (κ1) is 12.9. The fourth-order valence-electron chi connectivity index (χ4n) is 5.01. The Bertz CT molecular complexity index is 884. The third-order valence-corrected chi connectivity index (χ3v) is 6.22. The second kappa shape index (κ2) is 3.82. The molecule has 1 aliphatic carbocycles. The van der Waals surface area contributed by atoms with Gasteiger partial charge in [0, 0.05) is 37.2 Å². The van der Waals surface area contributed by atoms with Gasteiger partial charge in [-0.05, 0) is 6.07 Å². The van der Waals surface area contributed by atoms with Crippen molar-refractivity contribution in [1.29, 1.82) is 5.26 Å². The minimum absolute atomic E-state index is 0.0277. The summed E-state index contributed by atoms with van der Waals surface area (Å²) in [6.45, 7) is 4.75. The van der Waals surface area contributed by atoms with Gasteiger partial charge in [-0.25, -0.2) is 9.97 Å². The fraction of sp³-hybridized carbons (Fsp3) is 0.500. The molecule has 3 fully saturated rings. The molecule has 3 aliphatic rings. The molecule has 2 aromatic rings. The summed E-state index contributed by atoms with van der Waals surface area (Å²) < 4.78 is 0. The van der Waals surface area contributed by atoms with Crippen LogP contribution in [-0.4, -0.2) is 50.9 Å². The summed E-state index contributed by atoms with van der Waals surface area (Å²) in [6, 6.07) is 3.97. The topological polar surface area (TPSA) is 88.9 Å². The van der Waals surface area contributed by atoms with Gasteiger partial charge < -0.3 is 14.8 Å². The number of piperidine rings is 1. The number of hydrogen-bond acceptors (Lipinski definition) is 5. The van der Waals surface area contributed by atoms with Gasteiger partial charge in [-0.1, -0.05) is 6.92 Å². The van der Waals surface area contributed by atoms with Crippen LogP contribution in [0.1, 0.15) is 13.3 Å². The number of hydrogen-bond donors (Lipinski definition) is 1. The Balaban J connectivity index is 1.47. The minimum Gasteiger partial charge on any atom is -0.353 e. The molecule has 23 heavy (non-hydrogen) atoms. The van der Waals surface area contributed by atoms with Crippen molar-refractivity contribution in [2.24, 2.45) is 11.3 Å². The summed E-state index contributed by atoms with van der Waals surface area (Å²) in [5, 5.41) is 9.82. The van der Waals surface area contributed by atoms with Crippen LogP contribution in [0.15, 0.2) is 18.6 Å². The largest absolute Gasteiger partial charge is 0.353 e. The lowest BCUT2D eigenvalue weighted by atomic mass is 9.88. The number of aromatic amines is 1. The normalized spacial score (nSPS) is 33.8. The number of nitrogens with one attached hydrogen (secondary N) is 1. The maximum atomic E-state index is 12.2. The van der Waals surface area contributed by atoms with E-state index < -0.39 is 0 Å². The maximum absolute atomic E-state index is 12.2. The molecule has 1 unspecified atom stereocenters. The van der Waals surface area contributed by atoms with Crippen molar-refractivity contribution in [3.05, 3.63) is 18.6 Å². The number of carbonyl (C=O) groups excluding carboxylic acids is 1. The third-order valence-electron chi connectivity index (χ3n) is 6.22. The van der Waals surface area contributed by atoms with Crippen molar-refractivity contribution in [2.45, 2.75) is 18.9 Å². The number of fused-ring (bicyclic) bond motifs is 2. The first-order chi connectivity index (χ1) is 11.1. The molecule has 5 rings (SSSR count). The molecule has 116 valence electrons. The van der Waals surface area contributed by atoms with Crippen LogP contribution < -0.4 is 4.90 Å². The summed E-state index contributed by atoms with van der Waals surface area (Å²) in [6.07, 6.45) is 3.42. The zero-order valence-electron chi connectivity index (χ0n) is 12.8. The van der Waals surface area contributed by atoms with Crippen LogP contribution in [0.4, 0.5) is 5.82 Å². The highest BCUT2D eigenvalue weighted by molar-refractivity contribution is 5.88. The van der Waals surface area contributed by atoms with Crippen LogP contribution in [-0.2, 0) is 4.79 Å². The predicted molar refractivity (Wildman–Crippen MR) is 82.4 cm³/mol. The lowest BCUT2D eigenvalue weighted by Gasteiger charge is -2.47. The Morgan fingerprint density at radius 2 is 2.39 bits per heavy atom. The van der Waals surface area contributed by atoms with E-state index in [1.54, 1.807) is 6.33 Å². The van der Waals surface area contributed by atoms with Gasteiger partial charge in [-0.15, -0.1) is 0 Å². The number of nitriles is 1. The molecule has 2 saturated heterocycles. The lowest BCUT2D eigenvalue weighted by molar-refractivity contribution is -0.141. The zero-order valence-corrected chi connectivity index (χ0v) is 12.8. The average molecular weight is 308 g/mol.